The predicted octanol–water partition coefficient (Wildman–Crippen LogP) is 1.45. The Morgan fingerprint density at radius 1 is 1.35 bits per heavy atom. The number of methoxy groups -OCH3 is 1. The molecular formula is C13H26N2O2. The van der Waals surface area contributed by atoms with Crippen LogP contribution in [0.5, 0.6) is 0 Å². The van der Waals surface area contributed by atoms with Gasteiger partial charge in [0.05, 0.1) is 6.04 Å². The normalized spacial score (nSPS) is 18.9. The lowest BCUT2D eigenvalue weighted by Gasteiger charge is -2.26. The van der Waals surface area contributed by atoms with Crippen LogP contribution in [-0.2, 0) is 9.53 Å². The molecular weight excluding hydrogens is 216 g/mol. The van der Waals surface area contributed by atoms with Crippen LogP contribution in [0.4, 0.5) is 0 Å². The van der Waals surface area contributed by atoms with Crippen LogP contribution in [-0.4, -0.2) is 38.3 Å². The van der Waals surface area contributed by atoms with E-state index in [0.717, 1.165) is 6.42 Å². The zero-order chi connectivity index (χ0) is 12.5. The number of carbonyl (C=O) groups excluding carboxylic acids is 1. The molecule has 1 amide bonds. The number of nitrogens with one attached hydrogen (secondary N) is 2. The third kappa shape index (κ3) is 6.03. The lowest BCUT2D eigenvalue weighted by atomic mass is 9.95. The Balaban J connectivity index is 2.12. The number of hydrogen-bond donors (Lipinski definition) is 2. The second kappa shape index (κ2) is 8.48. The smallest absolute Gasteiger partial charge is 0.236 e. The quantitative estimate of drug-likeness (QED) is 0.664. The van der Waals surface area contributed by atoms with Crippen molar-refractivity contribution in [2.75, 3.05) is 20.3 Å². The van der Waals surface area contributed by atoms with Gasteiger partial charge in [-0.15, -0.1) is 0 Å². The van der Waals surface area contributed by atoms with Crippen LogP contribution in [0.3, 0.4) is 0 Å². The Bertz CT molecular complexity index is 215. The van der Waals surface area contributed by atoms with E-state index in [9.17, 15) is 4.79 Å². The summed E-state index contributed by atoms with van der Waals surface area (Å²) in [6, 6.07) is 0.448. The molecule has 0 heterocycles. The minimum Gasteiger partial charge on any atom is -0.385 e. The van der Waals surface area contributed by atoms with Crippen molar-refractivity contribution in [2.24, 2.45) is 0 Å². The monoisotopic (exact) mass is 242 g/mol. The van der Waals surface area contributed by atoms with Gasteiger partial charge in [0.15, 0.2) is 0 Å². The molecule has 0 radical (unpaired) electrons. The van der Waals surface area contributed by atoms with Crippen LogP contribution in [0.25, 0.3) is 0 Å². The summed E-state index contributed by atoms with van der Waals surface area (Å²) in [5.74, 6) is 0.103. The van der Waals surface area contributed by atoms with E-state index >= 15 is 0 Å². The minimum absolute atomic E-state index is 0.0827. The van der Waals surface area contributed by atoms with Crippen LogP contribution in [0, 0.1) is 0 Å². The molecule has 1 unspecified atom stereocenters. The summed E-state index contributed by atoms with van der Waals surface area (Å²) in [6.07, 6.45) is 7.22. The van der Waals surface area contributed by atoms with Crippen molar-refractivity contribution in [1.82, 2.24) is 10.6 Å². The van der Waals surface area contributed by atoms with Gasteiger partial charge in [-0.25, -0.2) is 0 Å². The molecule has 0 saturated heterocycles. The molecule has 4 nitrogen and oxygen atoms in total. The van der Waals surface area contributed by atoms with E-state index < -0.39 is 0 Å². The standard InChI is InChI=1S/C13H26N2O2/c1-11(13(16)14-9-6-10-17-2)15-12-7-4-3-5-8-12/h11-12,15H,3-10H2,1-2H3,(H,14,16). The molecule has 100 valence electrons. The minimum atomic E-state index is -0.0827. The maximum Gasteiger partial charge on any atom is 0.236 e. The SMILES string of the molecule is COCCCNC(=O)C(C)NC1CCCCC1. The Morgan fingerprint density at radius 2 is 2.06 bits per heavy atom. The fourth-order valence-electron chi connectivity index (χ4n) is 2.28. The van der Waals surface area contributed by atoms with E-state index in [1.165, 1.54) is 32.1 Å². The molecule has 0 bridgehead atoms. The van der Waals surface area contributed by atoms with Crippen LogP contribution >= 0.6 is 0 Å². The highest BCUT2D eigenvalue weighted by atomic mass is 16.5. The molecule has 1 aliphatic carbocycles. The van der Waals surface area contributed by atoms with Crippen LogP contribution in [0.1, 0.15) is 45.4 Å². The molecule has 0 aromatic rings. The summed E-state index contributed by atoms with van der Waals surface area (Å²) in [6.45, 7) is 3.34. The van der Waals surface area contributed by atoms with Gasteiger partial charge in [0.2, 0.25) is 5.91 Å². The summed E-state index contributed by atoms with van der Waals surface area (Å²) in [4.78, 5) is 11.8. The van der Waals surface area contributed by atoms with E-state index in [4.69, 9.17) is 4.74 Å². The fraction of sp³-hybridized carbons (Fsp3) is 0.923. The number of rotatable bonds is 7. The molecule has 0 aromatic carbocycles. The summed E-state index contributed by atoms with van der Waals surface area (Å²) in [5, 5.41) is 6.34. The average Bonchev–Trinajstić information content (AvgIpc) is 2.35. The summed E-state index contributed by atoms with van der Waals surface area (Å²) >= 11 is 0. The van der Waals surface area contributed by atoms with E-state index in [2.05, 4.69) is 10.6 Å². The molecule has 1 atom stereocenters. The van der Waals surface area contributed by atoms with Crippen molar-refractivity contribution < 1.29 is 9.53 Å². The second-order valence-electron chi connectivity index (χ2n) is 4.86. The van der Waals surface area contributed by atoms with Gasteiger partial charge in [-0.05, 0) is 26.2 Å². The largest absolute Gasteiger partial charge is 0.385 e. The molecule has 17 heavy (non-hydrogen) atoms. The van der Waals surface area contributed by atoms with Crippen molar-refractivity contribution in [1.29, 1.82) is 0 Å². The molecule has 2 N–H and O–H groups in total. The van der Waals surface area contributed by atoms with Gasteiger partial charge in [0, 0.05) is 26.3 Å². The molecule has 0 aliphatic heterocycles. The zero-order valence-electron chi connectivity index (χ0n) is 11.1. The lowest BCUT2D eigenvalue weighted by Crippen LogP contribution is -2.47. The first kappa shape index (κ1) is 14.5. The Labute approximate surface area is 104 Å². The molecule has 1 rings (SSSR count). The highest BCUT2D eigenvalue weighted by Crippen LogP contribution is 2.17. The van der Waals surface area contributed by atoms with Gasteiger partial charge in [0.25, 0.3) is 0 Å². The summed E-state index contributed by atoms with van der Waals surface area (Å²) in [5.41, 5.74) is 0. The van der Waals surface area contributed by atoms with Crippen LogP contribution in [0.2, 0.25) is 0 Å². The van der Waals surface area contributed by atoms with E-state index in [1.807, 2.05) is 6.92 Å². The highest BCUT2D eigenvalue weighted by molar-refractivity contribution is 5.81. The highest BCUT2D eigenvalue weighted by Gasteiger charge is 2.19. The number of hydrogen-bond acceptors (Lipinski definition) is 3. The van der Waals surface area contributed by atoms with Gasteiger partial charge < -0.3 is 15.4 Å². The third-order valence-corrected chi connectivity index (χ3v) is 3.31. The first-order valence-electron chi connectivity index (χ1n) is 6.76. The predicted molar refractivity (Wildman–Crippen MR) is 69.0 cm³/mol. The van der Waals surface area contributed by atoms with Crippen molar-refractivity contribution >= 4 is 5.91 Å². The van der Waals surface area contributed by atoms with E-state index in [0.29, 0.717) is 19.2 Å². The zero-order valence-corrected chi connectivity index (χ0v) is 11.1. The van der Waals surface area contributed by atoms with Gasteiger partial charge in [-0.2, -0.15) is 0 Å². The fourth-order valence-corrected chi connectivity index (χ4v) is 2.28. The molecule has 0 aromatic heterocycles. The van der Waals surface area contributed by atoms with E-state index in [1.54, 1.807) is 7.11 Å². The van der Waals surface area contributed by atoms with Gasteiger partial charge >= 0.3 is 0 Å². The van der Waals surface area contributed by atoms with Crippen molar-refractivity contribution in [3.05, 3.63) is 0 Å². The first-order chi connectivity index (χ1) is 8.24. The van der Waals surface area contributed by atoms with Crippen molar-refractivity contribution in [3.8, 4) is 0 Å². The molecule has 1 saturated carbocycles. The van der Waals surface area contributed by atoms with Crippen molar-refractivity contribution in [3.63, 3.8) is 0 Å². The Hall–Kier alpha value is -0.610. The Morgan fingerprint density at radius 3 is 2.71 bits per heavy atom. The maximum atomic E-state index is 11.8. The van der Waals surface area contributed by atoms with Crippen LogP contribution < -0.4 is 10.6 Å². The number of carbonyl (C=O) groups is 1. The summed E-state index contributed by atoms with van der Waals surface area (Å²) in [7, 11) is 1.68. The third-order valence-electron chi connectivity index (χ3n) is 3.31. The van der Waals surface area contributed by atoms with Crippen LogP contribution in [0.15, 0.2) is 0 Å². The number of ether oxygens (including phenoxy) is 1. The molecule has 0 spiro atoms. The molecule has 1 fully saturated rings. The maximum absolute atomic E-state index is 11.8. The van der Waals surface area contributed by atoms with E-state index in [-0.39, 0.29) is 11.9 Å². The molecule has 1 aliphatic rings. The van der Waals surface area contributed by atoms with Gasteiger partial charge in [-0.1, -0.05) is 19.3 Å². The topological polar surface area (TPSA) is 50.4 Å². The number of amides is 1. The summed E-state index contributed by atoms with van der Waals surface area (Å²) < 4.78 is 4.94. The van der Waals surface area contributed by atoms with Gasteiger partial charge in [0.1, 0.15) is 0 Å². The Kier molecular flexibility index (Phi) is 7.21. The molecule has 4 heteroatoms. The van der Waals surface area contributed by atoms with Gasteiger partial charge in [-0.3, -0.25) is 4.79 Å². The van der Waals surface area contributed by atoms with Crippen molar-refractivity contribution in [2.45, 2.75) is 57.5 Å². The second-order valence-corrected chi connectivity index (χ2v) is 4.86. The first-order valence-corrected chi connectivity index (χ1v) is 6.76. The lowest BCUT2D eigenvalue weighted by molar-refractivity contribution is -0.123. The average molecular weight is 242 g/mol.